The molecule has 0 spiro atoms. The zero-order valence-corrected chi connectivity index (χ0v) is 13.4. The minimum Gasteiger partial charge on any atom is -0.347 e. The number of nitrogens with zero attached hydrogens (tertiary/aromatic N) is 2. The van der Waals surface area contributed by atoms with E-state index in [1.165, 1.54) is 31.5 Å². The van der Waals surface area contributed by atoms with Crippen molar-refractivity contribution in [2.45, 2.75) is 25.3 Å². The molecule has 0 atom stereocenters. The van der Waals surface area contributed by atoms with E-state index in [0.717, 1.165) is 16.8 Å². The Balaban J connectivity index is 1.57. The van der Waals surface area contributed by atoms with E-state index in [1.54, 1.807) is 0 Å². The van der Waals surface area contributed by atoms with Crippen molar-refractivity contribution in [3.05, 3.63) is 53.2 Å². The third kappa shape index (κ3) is 2.75. The number of hydrogen-bond acceptors (Lipinski definition) is 3. The summed E-state index contributed by atoms with van der Waals surface area (Å²) in [6, 6.07) is 12.7. The second kappa shape index (κ2) is 5.78. The van der Waals surface area contributed by atoms with E-state index in [4.69, 9.17) is 0 Å². The van der Waals surface area contributed by atoms with E-state index < -0.39 is 0 Å². The summed E-state index contributed by atoms with van der Waals surface area (Å²) >= 11 is 0. The second-order valence-corrected chi connectivity index (χ2v) is 6.59. The summed E-state index contributed by atoms with van der Waals surface area (Å²) in [4.78, 5) is 18.7. The summed E-state index contributed by atoms with van der Waals surface area (Å²) in [6.45, 7) is 2.94. The Morgan fingerprint density at radius 2 is 1.83 bits per heavy atom. The summed E-state index contributed by atoms with van der Waals surface area (Å²) in [5.41, 5.74) is 4.92. The maximum atomic E-state index is 11.8. The number of benzene rings is 1. The minimum atomic E-state index is -0.0650. The molecule has 4 nitrogen and oxygen atoms in total. The number of aromatic nitrogens is 1. The van der Waals surface area contributed by atoms with Crippen molar-refractivity contribution in [1.29, 1.82) is 0 Å². The summed E-state index contributed by atoms with van der Waals surface area (Å²) in [6.07, 6.45) is 2.46. The average molecular weight is 307 g/mol. The first-order chi connectivity index (χ1) is 11.2. The molecule has 4 rings (SSSR count). The van der Waals surface area contributed by atoms with Crippen molar-refractivity contribution >= 4 is 5.91 Å². The topological polar surface area (TPSA) is 45.2 Å². The lowest BCUT2D eigenvalue weighted by molar-refractivity contribution is 0.0961. The van der Waals surface area contributed by atoms with Crippen molar-refractivity contribution < 1.29 is 4.79 Å². The van der Waals surface area contributed by atoms with Gasteiger partial charge >= 0.3 is 0 Å². The van der Waals surface area contributed by atoms with Gasteiger partial charge in [-0.05, 0) is 50.5 Å². The van der Waals surface area contributed by atoms with E-state index in [2.05, 4.69) is 46.5 Å². The Morgan fingerprint density at radius 3 is 2.57 bits per heavy atom. The molecule has 0 unspecified atom stereocenters. The first kappa shape index (κ1) is 14.4. The van der Waals surface area contributed by atoms with Crippen LogP contribution >= 0.6 is 0 Å². The predicted molar refractivity (Wildman–Crippen MR) is 90.3 cm³/mol. The van der Waals surface area contributed by atoms with Gasteiger partial charge in [0.25, 0.3) is 5.91 Å². The number of carbonyl (C=O) groups excluding carboxylic acids is 1. The average Bonchev–Trinajstić information content (AvgIpc) is 2.96. The van der Waals surface area contributed by atoms with Gasteiger partial charge in [0.1, 0.15) is 5.69 Å². The van der Waals surface area contributed by atoms with E-state index in [-0.39, 0.29) is 5.91 Å². The molecule has 1 aromatic carbocycles. The maximum absolute atomic E-state index is 11.8. The third-order valence-corrected chi connectivity index (χ3v) is 5.03. The summed E-state index contributed by atoms with van der Waals surface area (Å²) < 4.78 is 0. The van der Waals surface area contributed by atoms with E-state index in [0.29, 0.717) is 18.2 Å². The number of nitrogens with one attached hydrogen (secondary N) is 1. The molecule has 2 aliphatic heterocycles. The van der Waals surface area contributed by atoms with Crippen LogP contribution in [0, 0.1) is 0 Å². The van der Waals surface area contributed by atoms with E-state index >= 15 is 0 Å². The highest BCUT2D eigenvalue weighted by Crippen LogP contribution is 2.29. The van der Waals surface area contributed by atoms with Crippen LogP contribution < -0.4 is 5.32 Å². The Labute approximate surface area is 136 Å². The van der Waals surface area contributed by atoms with Gasteiger partial charge in [0, 0.05) is 17.7 Å². The zero-order valence-electron chi connectivity index (χ0n) is 13.4. The van der Waals surface area contributed by atoms with Crippen molar-refractivity contribution in [2.75, 3.05) is 20.1 Å². The summed E-state index contributed by atoms with van der Waals surface area (Å²) in [7, 11) is 2.19. The van der Waals surface area contributed by atoms with Crippen molar-refractivity contribution in [2.24, 2.45) is 0 Å². The third-order valence-electron chi connectivity index (χ3n) is 5.03. The molecule has 1 fully saturated rings. The normalized spacial score (nSPS) is 18.7. The van der Waals surface area contributed by atoms with Crippen LogP contribution in [0.4, 0.5) is 0 Å². The molecule has 23 heavy (non-hydrogen) atoms. The molecule has 2 aromatic rings. The molecular formula is C19H21N3O. The Hall–Kier alpha value is -2.20. The SMILES string of the molecule is CN1CCC(c2ccc(-c3ccc4c(n3)C(=O)NC4)cc2)CC1. The predicted octanol–water partition coefficient (Wildman–Crippen LogP) is 2.80. The lowest BCUT2D eigenvalue weighted by Gasteiger charge is -2.29. The lowest BCUT2D eigenvalue weighted by Crippen LogP contribution is -2.29. The lowest BCUT2D eigenvalue weighted by atomic mass is 9.89. The van der Waals surface area contributed by atoms with Gasteiger partial charge in [-0.25, -0.2) is 4.98 Å². The van der Waals surface area contributed by atoms with Crippen molar-refractivity contribution in [3.63, 3.8) is 0 Å². The van der Waals surface area contributed by atoms with E-state index in [9.17, 15) is 4.79 Å². The van der Waals surface area contributed by atoms with Gasteiger partial charge < -0.3 is 10.2 Å². The Morgan fingerprint density at radius 1 is 1.09 bits per heavy atom. The fraction of sp³-hybridized carbons (Fsp3) is 0.368. The number of piperidine rings is 1. The highest BCUT2D eigenvalue weighted by molar-refractivity contribution is 5.96. The van der Waals surface area contributed by atoms with Gasteiger partial charge in [0.15, 0.2) is 0 Å². The number of likely N-dealkylation sites (tertiary alicyclic amines) is 1. The van der Waals surface area contributed by atoms with Crippen molar-refractivity contribution in [1.82, 2.24) is 15.2 Å². The number of hydrogen-bond donors (Lipinski definition) is 1. The van der Waals surface area contributed by atoms with Gasteiger partial charge in [-0.2, -0.15) is 0 Å². The molecule has 0 saturated carbocycles. The van der Waals surface area contributed by atoms with Crippen LogP contribution in [0.3, 0.4) is 0 Å². The maximum Gasteiger partial charge on any atom is 0.270 e. The molecule has 1 saturated heterocycles. The number of pyridine rings is 1. The minimum absolute atomic E-state index is 0.0650. The van der Waals surface area contributed by atoms with Crippen LogP contribution in [0.2, 0.25) is 0 Å². The molecule has 0 radical (unpaired) electrons. The number of fused-ring (bicyclic) bond motifs is 1. The molecule has 1 amide bonds. The fourth-order valence-corrected chi connectivity index (χ4v) is 3.52. The Bertz CT molecular complexity index is 731. The molecule has 118 valence electrons. The molecule has 1 aromatic heterocycles. The number of carbonyl (C=O) groups is 1. The quantitative estimate of drug-likeness (QED) is 0.928. The van der Waals surface area contributed by atoms with Crippen LogP contribution in [-0.4, -0.2) is 35.9 Å². The molecule has 0 aliphatic carbocycles. The first-order valence-electron chi connectivity index (χ1n) is 8.28. The number of amides is 1. The van der Waals surface area contributed by atoms with Gasteiger partial charge in [-0.1, -0.05) is 30.3 Å². The highest BCUT2D eigenvalue weighted by Gasteiger charge is 2.21. The summed E-state index contributed by atoms with van der Waals surface area (Å²) in [5.74, 6) is 0.601. The van der Waals surface area contributed by atoms with Crippen LogP contribution in [0.5, 0.6) is 0 Å². The molecular weight excluding hydrogens is 286 g/mol. The molecule has 3 heterocycles. The van der Waals surface area contributed by atoms with Gasteiger partial charge in [0.2, 0.25) is 0 Å². The molecule has 0 bridgehead atoms. The van der Waals surface area contributed by atoms with Gasteiger partial charge in [0.05, 0.1) is 5.69 Å². The van der Waals surface area contributed by atoms with E-state index in [1.807, 2.05) is 12.1 Å². The Kier molecular flexibility index (Phi) is 3.62. The standard InChI is InChI=1S/C19H21N3O/c1-22-10-8-14(9-11-22)13-2-4-15(5-3-13)17-7-6-16-12-20-19(23)18(16)21-17/h2-7,14H,8-12H2,1H3,(H,20,23). The molecule has 2 aliphatic rings. The largest absolute Gasteiger partial charge is 0.347 e. The van der Waals surface area contributed by atoms with Crippen LogP contribution in [0.15, 0.2) is 36.4 Å². The van der Waals surface area contributed by atoms with Crippen molar-refractivity contribution in [3.8, 4) is 11.3 Å². The molecule has 1 N–H and O–H groups in total. The van der Waals surface area contributed by atoms with Crippen LogP contribution in [0.1, 0.15) is 40.4 Å². The zero-order chi connectivity index (χ0) is 15.8. The monoisotopic (exact) mass is 307 g/mol. The van der Waals surface area contributed by atoms with Gasteiger partial charge in [-0.15, -0.1) is 0 Å². The highest BCUT2D eigenvalue weighted by atomic mass is 16.2. The summed E-state index contributed by atoms with van der Waals surface area (Å²) in [5, 5.41) is 2.81. The first-order valence-corrected chi connectivity index (χ1v) is 8.28. The van der Waals surface area contributed by atoms with Crippen LogP contribution in [-0.2, 0) is 6.54 Å². The van der Waals surface area contributed by atoms with Gasteiger partial charge in [-0.3, -0.25) is 4.79 Å². The van der Waals surface area contributed by atoms with Crippen LogP contribution in [0.25, 0.3) is 11.3 Å². The second-order valence-electron chi connectivity index (χ2n) is 6.59. The smallest absolute Gasteiger partial charge is 0.270 e. The molecule has 4 heteroatoms. The number of rotatable bonds is 2. The fourth-order valence-electron chi connectivity index (χ4n) is 3.52.